The molecule has 0 spiro atoms. The molecule has 3 aromatic rings. The Morgan fingerprint density at radius 1 is 1.09 bits per heavy atom. The van der Waals surface area contributed by atoms with E-state index in [4.69, 9.17) is 9.47 Å². The van der Waals surface area contributed by atoms with Gasteiger partial charge in [-0.3, -0.25) is 9.69 Å². The summed E-state index contributed by atoms with van der Waals surface area (Å²) in [5.74, 6) is 2.16. The zero-order valence-corrected chi connectivity index (χ0v) is 18.7. The van der Waals surface area contributed by atoms with Crippen molar-refractivity contribution in [1.29, 1.82) is 0 Å². The Morgan fingerprint density at radius 2 is 1.91 bits per heavy atom. The van der Waals surface area contributed by atoms with Crippen LogP contribution < -0.4 is 15.0 Å². The van der Waals surface area contributed by atoms with E-state index >= 15 is 0 Å². The number of imidazole rings is 1. The van der Waals surface area contributed by atoms with Crippen LogP contribution in [0.3, 0.4) is 0 Å². The second-order valence-corrected chi connectivity index (χ2v) is 8.99. The zero-order chi connectivity index (χ0) is 21.9. The highest BCUT2D eigenvalue weighted by Gasteiger charge is 2.24. The number of piperidine rings is 1. The van der Waals surface area contributed by atoms with Gasteiger partial charge in [0.15, 0.2) is 17.0 Å². The summed E-state index contributed by atoms with van der Waals surface area (Å²) in [7, 11) is 0. The fourth-order valence-corrected chi connectivity index (χ4v) is 5.15. The van der Waals surface area contributed by atoms with Crippen molar-refractivity contribution in [2.45, 2.75) is 64.0 Å². The first kappa shape index (κ1) is 21.1. The van der Waals surface area contributed by atoms with Gasteiger partial charge in [0.1, 0.15) is 0 Å². The fraction of sp³-hybridized carbons (Fsp3) is 0.520. The molecular weight excluding hydrogens is 404 g/mol. The Morgan fingerprint density at radius 3 is 2.69 bits per heavy atom. The monoisotopic (exact) mass is 436 g/mol. The van der Waals surface area contributed by atoms with Crippen molar-refractivity contribution < 1.29 is 9.47 Å². The summed E-state index contributed by atoms with van der Waals surface area (Å²) in [6.45, 7) is 5.59. The van der Waals surface area contributed by atoms with Crippen LogP contribution >= 0.6 is 0 Å². The van der Waals surface area contributed by atoms with E-state index in [-0.39, 0.29) is 5.56 Å². The van der Waals surface area contributed by atoms with Crippen molar-refractivity contribution in [3.8, 4) is 11.5 Å². The minimum absolute atomic E-state index is 0.132. The van der Waals surface area contributed by atoms with Crippen molar-refractivity contribution in [3.63, 3.8) is 0 Å². The van der Waals surface area contributed by atoms with E-state index in [1.807, 2.05) is 13.1 Å². The number of rotatable bonds is 7. The molecule has 0 radical (unpaired) electrons. The maximum absolute atomic E-state index is 12.0. The average Bonchev–Trinajstić information content (AvgIpc) is 3.50. The summed E-state index contributed by atoms with van der Waals surface area (Å²) in [4.78, 5) is 24.6. The Balaban J connectivity index is 1.23. The number of benzene rings is 1. The van der Waals surface area contributed by atoms with Crippen LogP contribution in [-0.2, 0) is 6.54 Å². The lowest BCUT2D eigenvalue weighted by atomic mass is 9.89. The third-order valence-electron chi connectivity index (χ3n) is 6.84. The summed E-state index contributed by atoms with van der Waals surface area (Å²) < 4.78 is 12.1. The SMILES string of the molecule is CCOc1cc(CN2CCC(c3c[nH]c(=O)c4nc[nH]c34)CC2)ccc1OC1CCCC1. The predicted octanol–water partition coefficient (Wildman–Crippen LogP) is 4.35. The number of hydrogen-bond acceptors (Lipinski definition) is 5. The van der Waals surface area contributed by atoms with Gasteiger partial charge in [0.25, 0.3) is 5.56 Å². The third kappa shape index (κ3) is 4.39. The molecule has 0 amide bonds. The molecule has 7 heteroatoms. The molecule has 2 aliphatic rings. The topological polar surface area (TPSA) is 83.2 Å². The molecule has 7 nitrogen and oxygen atoms in total. The first-order chi connectivity index (χ1) is 15.7. The zero-order valence-electron chi connectivity index (χ0n) is 18.7. The first-order valence-electron chi connectivity index (χ1n) is 11.9. The number of nitrogens with zero attached hydrogens (tertiary/aromatic N) is 2. The third-order valence-corrected chi connectivity index (χ3v) is 6.84. The second-order valence-electron chi connectivity index (χ2n) is 8.99. The highest BCUT2D eigenvalue weighted by atomic mass is 16.5. The van der Waals surface area contributed by atoms with Crippen LogP contribution in [0.15, 0.2) is 35.5 Å². The van der Waals surface area contributed by atoms with Crippen LogP contribution in [-0.4, -0.2) is 45.7 Å². The first-order valence-corrected chi connectivity index (χ1v) is 11.9. The minimum Gasteiger partial charge on any atom is -0.490 e. The van der Waals surface area contributed by atoms with Crippen molar-refractivity contribution in [3.05, 3.63) is 52.2 Å². The molecule has 2 aromatic heterocycles. The molecule has 1 aromatic carbocycles. The summed E-state index contributed by atoms with van der Waals surface area (Å²) in [5.41, 5.74) is 3.68. The van der Waals surface area contributed by atoms with Gasteiger partial charge in [0.2, 0.25) is 0 Å². The summed E-state index contributed by atoms with van der Waals surface area (Å²) in [6.07, 6.45) is 10.7. The highest BCUT2D eigenvalue weighted by Crippen LogP contribution is 2.34. The van der Waals surface area contributed by atoms with Gasteiger partial charge >= 0.3 is 0 Å². The molecular formula is C25H32N4O3. The van der Waals surface area contributed by atoms with E-state index in [0.29, 0.717) is 24.1 Å². The molecule has 1 saturated carbocycles. The quantitative estimate of drug-likeness (QED) is 0.575. The van der Waals surface area contributed by atoms with Crippen molar-refractivity contribution in [2.24, 2.45) is 0 Å². The molecule has 32 heavy (non-hydrogen) atoms. The molecule has 2 N–H and O–H groups in total. The number of aromatic amines is 2. The Hall–Kier alpha value is -2.80. The molecule has 1 saturated heterocycles. The Bertz CT molecular complexity index is 1110. The lowest BCUT2D eigenvalue weighted by Gasteiger charge is -2.32. The average molecular weight is 437 g/mol. The Kier molecular flexibility index (Phi) is 6.17. The lowest BCUT2D eigenvalue weighted by Crippen LogP contribution is -2.32. The molecule has 170 valence electrons. The van der Waals surface area contributed by atoms with Crippen LogP contribution in [0.2, 0.25) is 0 Å². The van der Waals surface area contributed by atoms with Gasteiger partial charge in [-0.15, -0.1) is 0 Å². The molecule has 5 rings (SSSR count). The van der Waals surface area contributed by atoms with E-state index < -0.39 is 0 Å². The fourth-order valence-electron chi connectivity index (χ4n) is 5.15. The van der Waals surface area contributed by atoms with Crippen LogP contribution in [0.4, 0.5) is 0 Å². The number of H-pyrrole nitrogens is 2. The van der Waals surface area contributed by atoms with Gasteiger partial charge in [-0.2, -0.15) is 0 Å². The summed E-state index contributed by atoms with van der Waals surface area (Å²) in [5, 5.41) is 0. The normalized spacial score (nSPS) is 18.4. The van der Waals surface area contributed by atoms with E-state index in [9.17, 15) is 4.79 Å². The standard InChI is InChI=1S/C25H32N4O3/c1-2-31-22-13-17(7-8-21(22)32-19-5-3-4-6-19)15-29-11-9-18(10-12-29)20-14-26-25(30)24-23(20)27-16-28-24/h7-8,13-14,16,18-19H,2-6,9-12,15H2,1H3,(H,26,30)(H,27,28). The second kappa shape index (κ2) is 9.36. The summed E-state index contributed by atoms with van der Waals surface area (Å²) >= 11 is 0. The molecule has 1 aliphatic heterocycles. The van der Waals surface area contributed by atoms with Gasteiger partial charge in [-0.1, -0.05) is 6.07 Å². The van der Waals surface area contributed by atoms with Crippen LogP contribution in [0.25, 0.3) is 11.0 Å². The molecule has 2 fully saturated rings. The molecule has 0 bridgehead atoms. The number of hydrogen-bond donors (Lipinski definition) is 2. The Labute approximate surface area is 188 Å². The van der Waals surface area contributed by atoms with Gasteiger partial charge in [0.05, 0.1) is 24.6 Å². The molecule has 1 aliphatic carbocycles. The van der Waals surface area contributed by atoms with Crippen LogP contribution in [0.5, 0.6) is 11.5 Å². The van der Waals surface area contributed by atoms with E-state index in [1.54, 1.807) is 6.33 Å². The maximum atomic E-state index is 12.0. The van der Waals surface area contributed by atoms with E-state index in [2.05, 4.69) is 38.1 Å². The number of nitrogens with one attached hydrogen (secondary N) is 2. The van der Waals surface area contributed by atoms with E-state index in [0.717, 1.165) is 62.3 Å². The van der Waals surface area contributed by atoms with Crippen molar-refractivity contribution >= 4 is 11.0 Å². The van der Waals surface area contributed by atoms with Gasteiger partial charge < -0.3 is 19.4 Å². The number of likely N-dealkylation sites (tertiary alicyclic amines) is 1. The summed E-state index contributed by atoms with van der Waals surface area (Å²) in [6, 6.07) is 6.41. The highest BCUT2D eigenvalue weighted by molar-refractivity contribution is 5.77. The number of fused-ring (bicyclic) bond motifs is 1. The molecule has 0 atom stereocenters. The predicted molar refractivity (Wildman–Crippen MR) is 124 cm³/mol. The number of pyridine rings is 1. The van der Waals surface area contributed by atoms with Crippen LogP contribution in [0.1, 0.15) is 62.5 Å². The van der Waals surface area contributed by atoms with Crippen molar-refractivity contribution in [2.75, 3.05) is 19.7 Å². The number of aromatic nitrogens is 3. The van der Waals surface area contributed by atoms with Crippen LogP contribution in [0, 0.1) is 0 Å². The minimum atomic E-state index is -0.132. The van der Waals surface area contributed by atoms with Gasteiger partial charge in [-0.25, -0.2) is 4.98 Å². The maximum Gasteiger partial charge on any atom is 0.276 e. The molecule has 3 heterocycles. The lowest BCUT2D eigenvalue weighted by molar-refractivity contribution is 0.194. The van der Waals surface area contributed by atoms with Gasteiger partial charge in [-0.05, 0) is 87.7 Å². The number of ether oxygens (including phenoxy) is 2. The van der Waals surface area contributed by atoms with Gasteiger partial charge in [0, 0.05) is 12.7 Å². The molecule has 0 unspecified atom stereocenters. The smallest absolute Gasteiger partial charge is 0.276 e. The largest absolute Gasteiger partial charge is 0.490 e. The van der Waals surface area contributed by atoms with E-state index in [1.165, 1.54) is 24.0 Å². The van der Waals surface area contributed by atoms with Crippen molar-refractivity contribution in [1.82, 2.24) is 19.9 Å².